The second-order valence-corrected chi connectivity index (χ2v) is 5.85. The van der Waals surface area contributed by atoms with Gasteiger partial charge in [-0.3, -0.25) is 4.79 Å². The van der Waals surface area contributed by atoms with Gasteiger partial charge in [0.2, 0.25) is 0 Å². The highest BCUT2D eigenvalue weighted by molar-refractivity contribution is 5.74. The molecule has 1 aliphatic heterocycles. The maximum Gasteiger partial charge on any atom is 0.314 e. The van der Waals surface area contributed by atoms with Crippen LogP contribution in [0.2, 0.25) is 0 Å². The first-order valence-corrected chi connectivity index (χ1v) is 7.44. The largest absolute Gasteiger partial charge is 0.481 e. The maximum absolute atomic E-state index is 11.7. The number of aliphatic carboxylic acids is 1. The zero-order valence-electron chi connectivity index (χ0n) is 11.9. The minimum atomic E-state index is -0.744. The van der Waals surface area contributed by atoms with Crippen LogP contribution in [0, 0.1) is 17.8 Å². The molecular weight excluding hydrogens is 260 g/mol. The molecule has 1 aliphatic carbocycles. The molecule has 6 nitrogen and oxygen atoms in total. The van der Waals surface area contributed by atoms with E-state index in [0.717, 1.165) is 32.3 Å². The van der Waals surface area contributed by atoms with Crippen LogP contribution in [0.4, 0.5) is 4.79 Å². The summed E-state index contributed by atoms with van der Waals surface area (Å²) < 4.78 is 5.44. The minimum absolute atomic E-state index is 0.0620. The van der Waals surface area contributed by atoms with Gasteiger partial charge in [-0.25, -0.2) is 4.79 Å². The van der Waals surface area contributed by atoms with Crippen molar-refractivity contribution in [2.45, 2.75) is 38.7 Å². The lowest BCUT2D eigenvalue weighted by atomic mass is 9.96. The lowest BCUT2D eigenvalue weighted by molar-refractivity contribution is -0.142. The summed E-state index contributed by atoms with van der Waals surface area (Å²) in [6.45, 7) is 3.84. The SMILES string of the molecule is CC1OCCC1CNC(=O)NCC1CCCC1C(=O)O. The molecule has 2 amide bonds. The van der Waals surface area contributed by atoms with Gasteiger partial charge in [0.15, 0.2) is 0 Å². The first kappa shape index (κ1) is 15.1. The van der Waals surface area contributed by atoms with Gasteiger partial charge in [-0.2, -0.15) is 0 Å². The zero-order chi connectivity index (χ0) is 14.5. The topological polar surface area (TPSA) is 87.7 Å². The molecule has 114 valence electrons. The first-order valence-electron chi connectivity index (χ1n) is 7.44. The third-order valence-electron chi connectivity index (χ3n) is 4.56. The molecule has 0 spiro atoms. The summed E-state index contributed by atoms with van der Waals surface area (Å²) in [7, 11) is 0. The highest BCUT2D eigenvalue weighted by Gasteiger charge is 2.33. The van der Waals surface area contributed by atoms with E-state index in [1.807, 2.05) is 6.92 Å². The number of carbonyl (C=O) groups excluding carboxylic acids is 1. The van der Waals surface area contributed by atoms with E-state index in [9.17, 15) is 9.59 Å². The second kappa shape index (κ2) is 6.92. The van der Waals surface area contributed by atoms with Crippen LogP contribution in [-0.2, 0) is 9.53 Å². The van der Waals surface area contributed by atoms with Crippen LogP contribution in [0.25, 0.3) is 0 Å². The Morgan fingerprint density at radius 1 is 1.15 bits per heavy atom. The molecule has 1 heterocycles. The number of carboxylic acids is 1. The van der Waals surface area contributed by atoms with Gasteiger partial charge < -0.3 is 20.5 Å². The number of carbonyl (C=O) groups is 2. The molecule has 0 radical (unpaired) electrons. The van der Waals surface area contributed by atoms with E-state index in [1.165, 1.54) is 0 Å². The molecule has 2 fully saturated rings. The quantitative estimate of drug-likeness (QED) is 0.708. The van der Waals surface area contributed by atoms with E-state index in [-0.39, 0.29) is 24.0 Å². The molecule has 6 heteroatoms. The smallest absolute Gasteiger partial charge is 0.314 e. The van der Waals surface area contributed by atoms with E-state index in [0.29, 0.717) is 19.0 Å². The molecule has 2 rings (SSSR count). The van der Waals surface area contributed by atoms with E-state index >= 15 is 0 Å². The van der Waals surface area contributed by atoms with Crippen LogP contribution in [0.3, 0.4) is 0 Å². The Morgan fingerprint density at radius 3 is 2.45 bits per heavy atom. The van der Waals surface area contributed by atoms with E-state index < -0.39 is 5.97 Å². The van der Waals surface area contributed by atoms with Crippen LogP contribution >= 0.6 is 0 Å². The van der Waals surface area contributed by atoms with Crippen molar-refractivity contribution < 1.29 is 19.4 Å². The molecule has 0 bridgehead atoms. The van der Waals surface area contributed by atoms with Crippen molar-refractivity contribution in [3.63, 3.8) is 0 Å². The van der Waals surface area contributed by atoms with Crippen molar-refractivity contribution in [3.8, 4) is 0 Å². The number of ether oxygens (including phenoxy) is 1. The van der Waals surface area contributed by atoms with Crippen molar-refractivity contribution >= 4 is 12.0 Å². The van der Waals surface area contributed by atoms with E-state index in [4.69, 9.17) is 9.84 Å². The molecule has 3 N–H and O–H groups in total. The summed E-state index contributed by atoms with van der Waals surface area (Å²) in [6, 6.07) is -0.208. The summed E-state index contributed by atoms with van der Waals surface area (Å²) in [5.41, 5.74) is 0. The number of urea groups is 1. The Morgan fingerprint density at radius 2 is 1.85 bits per heavy atom. The Balaban J connectivity index is 1.66. The fraction of sp³-hybridized carbons (Fsp3) is 0.857. The van der Waals surface area contributed by atoms with Gasteiger partial charge in [-0.15, -0.1) is 0 Å². The van der Waals surface area contributed by atoms with Crippen LogP contribution < -0.4 is 10.6 Å². The number of hydrogen-bond donors (Lipinski definition) is 3. The molecule has 1 saturated heterocycles. The molecule has 4 atom stereocenters. The highest BCUT2D eigenvalue weighted by Crippen LogP contribution is 2.31. The standard InChI is InChI=1S/C14H24N2O4/c1-9-10(5-6-20-9)7-15-14(19)16-8-11-3-2-4-12(11)13(17)18/h9-12H,2-8H2,1H3,(H,17,18)(H2,15,16,19). The van der Waals surface area contributed by atoms with Crippen LogP contribution in [0.5, 0.6) is 0 Å². The number of nitrogens with one attached hydrogen (secondary N) is 2. The number of hydrogen-bond acceptors (Lipinski definition) is 3. The molecular formula is C14H24N2O4. The van der Waals surface area contributed by atoms with Crippen LogP contribution in [0.1, 0.15) is 32.6 Å². The van der Waals surface area contributed by atoms with Gasteiger partial charge in [-0.1, -0.05) is 6.42 Å². The summed E-state index contributed by atoms with van der Waals surface area (Å²) in [6.07, 6.45) is 3.71. The Kier molecular flexibility index (Phi) is 5.23. The molecule has 2 aliphatic rings. The van der Waals surface area contributed by atoms with Gasteiger partial charge in [-0.05, 0) is 32.1 Å². The van der Waals surface area contributed by atoms with Crippen molar-refractivity contribution in [1.82, 2.24) is 10.6 Å². The summed E-state index contributed by atoms with van der Waals surface area (Å²) in [4.78, 5) is 22.8. The van der Waals surface area contributed by atoms with Crippen molar-refractivity contribution in [2.75, 3.05) is 19.7 Å². The van der Waals surface area contributed by atoms with Crippen molar-refractivity contribution in [1.29, 1.82) is 0 Å². The normalized spacial score (nSPS) is 33.0. The van der Waals surface area contributed by atoms with E-state index in [1.54, 1.807) is 0 Å². The number of carboxylic acid groups (broad SMARTS) is 1. The molecule has 4 unspecified atom stereocenters. The number of amides is 2. The molecule has 0 aromatic heterocycles. The van der Waals surface area contributed by atoms with Gasteiger partial charge in [0, 0.05) is 25.6 Å². The minimum Gasteiger partial charge on any atom is -0.481 e. The zero-order valence-corrected chi connectivity index (χ0v) is 11.9. The predicted molar refractivity (Wildman–Crippen MR) is 73.4 cm³/mol. The lowest BCUT2D eigenvalue weighted by Crippen LogP contribution is -2.42. The molecule has 1 saturated carbocycles. The lowest BCUT2D eigenvalue weighted by Gasteiger charge is -2.18. The van der Waals surface area contributed by atoms with Crippen LogP contribution in [-0.4, -0.2) is 42.9 Å². The number of rotatable bonds is 5. The fourth-order valence-corrected chi connectivity index (χ4v) is 3.16. The maximum atomic E-state index is 11.7. The molecule has 0 aromatic rings. The second-order valence-electron chi connectivity index (χ2n) is 5.85. The van der Waals surface area contributed by atoms with Crippen LogP contribution in [0.15, 0.2) is 0 Å². The van der Waals surface area contributed by atoms with E-state index in [2.05, 4.69) is 10.6 Å². The molecule has 20 heavy (non-hydrogen) atoms. The Bertz CT molecular complexity index is 361. The third-order valence-corrected chi connectivity index (χ3v) is 4.56. The highest BCUT2D eigenvalue weighted by atomic mass is 16.5. The predicted octanol–water partition coefficient (Wildman–Crippen LogP) is 1.21. The van der Waals surface area contributed by atoms with Gasteiger partial charge in [0.05, 0.1) is 12.0 Å². The summed E-state index contributed by atoms with van der Waals surface area (Å²) in [5, 5.41) is 14.7. The van der Waals surface area contributed by atoms with Crippen molar-refractivity contribution in [2.24, 2.45) is 17.8 Å². The monoisotopic (exact) mass is 284 g/mol. The summed E-state index contributed by atoms with van der Waals surface area (Å²) in [5.74, 6) is -0.615. The third kappa shape index (κ3) is 3.85. The van der Waals surface area contributed by atoms with Gasteiger partial charge in [0.25, 0.3) is 0 Å². The fourth-order valence-electron chi connectivity index (χ4n) is 3.16. The van der Waals surface area contributed by atoms with Crippen molar-refractivity contribution in [3.05, 3.63) is 0 Å². The van der Waals surface area contributed by atoms with Gasteiger partial charge >= 0.3 is 12.0 Å². The average Bonchev–Trinajstić information content (AvgIpc) is 3.02. The Hall–Kier alpha value is -1.30. The summed E-state index contributed by atoms with van der Waals surface area (Å²) >= 11 is 0. The first-order chi connectivity index (χ1) is 9.58. The molecule has 0 aromatic carbocycles. The average molecular weight is 284 g/mol. The Labute approximate surface area is 119 Å². The van der Waals surface area contributed by atoms with Gasteiger partial charge in [0.1, 0.15) is 0 Å².